The van der Waals surface area contributed by atoms with Gasteiger partial charge in [0.1, 0.15) is 5.82 Å². The van der Waals surface area contributed by atoms with E-state index in [2.05, 4.69) is 0 Å². The van der Waals surface area contributed by atoms with Gasteiger partial charge in [-0.15, -0.1) is 11.8 Å². The van der Waals surface area contributed by atoms with Gasteiger partial charge in [0, 0.05) is 23.9 Å². The van der Waals surface area contributed by atoms with Crippen molar-refractivity contribution >= 4 is 23.6 Å². The van der Waals surface area contributed by atoms with Crippen LogP contribution in [-0.2, 0) is 20.9 Å². The third-order valence-electron chi connectivity index (χ3n) is 4.62. The number of esters is 1. The van der Waals surface area contributed by atoms with E-state index in [4.69, 9.17) is 4.74 Å². The summed E-state index contributed by atoms with van der Waals surface area (Å²) in [4.78, 5) is 27.0. The molecule has 1 aromatic carbocycles. The first-order chi connectivity index (χ1) is 12.1. The van der Waals surface area contributed by atoms with Crippen molar-refractivity contribution < 1.29 is 18.7 Å². The summed E-state index contributed by atoms with van der Waals surface area (Å²) in [5.74, 6) is -0.900. The predicted octanol–water partition coefficient (Wildman–Crippen LogP) is 3.66. The van der Waals surface area contributed by atoms with Crippen molar-refractivity contribution in [1.29, 1.82) is 0 Å². The number of amides is 1. The molecule has 25 heavy (non-hydrogen) atoms. The van der Waals surface area contributed by atoms with E-state index in [9.17, 15) is 14.0 Å². The number of halogens is 1. The molecule has 0 N–H and O–H groups in total. The minimum Gasteiger partial charge on any atom is -0.463 e. The van der Waals surface area contributed by atoms with Gasteiger partial charge >= 0.3 is 5.97 Å². The van der Waals surface area contributed by atoms with Crippen LogP contribution in [0.15, 0.2) is 35.2 Å². The van der Waals surface area contributed by atoms with Gasteiger partial charge in [0.25, 0.3) is 5.91 Å². The third kappa shape index (κ3) is 4.24. The van der Waals surface area contributed by atoms with Crippen LogP contribution in [0.2, 0.25) is 0 Å². The van der Waals surface area contributed by atoms with Crippen LogP contribution in [0.3, 0.4) is 0 Å². The molecule has 1 saturated heterocycles. The molecule has 2 aliphatic rings. The third-order valence-corrected chi connectivity index (χ3v) is 6.02. The number of thioether (sulfide) groups is 1. The lowest BCUT2D eigenvalue weighted by Crippen LogP contribution is -2.50. The summed E-state index contributed by atoms with van der Waals surface area (Å²) in [5, 5.41) is 0.299. The molecule has 1 amide bonds. The van der Waals surface area contributed by atoms with Crippen LogP contribution in [0.1, 0.15) is 38.2 Å². The molecule has 0 radical (unpaired) electrons. The predicted molar refractivity (Wildman–Crippen MR) is 95.3 cm³/mol. The largest absolute Gasteiger partial charge is 0.463 e. The molecule has 3 rings (SSSR count). The Bertz CT molecular complexity index is 674. The number of carbonyl (C=O) groups is 2. The summed E-state index contributed by atoms with van der Waals surface area (Å²) < 4.78 is 18.1. The van der Waals surface area contributed by atoms with Crippen molar-refractivity contribution in [3.8, 4) is 0 Å². The van der Waals surface area contributed by atoms with Crippen LogP contribution in [-0.4, -0.2) is 34.7 Å². The highest BCUT2D eigenvalue weighted by molar-refractivity contribution is 8.04. The van der Waals surface area contributed by atoms with E-state index in [1.165, 1.54) is 30.0 Å². The Morgan fingerprint density at radius 3 is 2.76 bits per heavy atom. The fourth-order valence-electron chi connectivity index (χ4n) is 3.44. The maximum Gasteiger partial charge on any atom is 0.332 e. The van der Waals surface area contributed by atoms with Crippen LogP contribution < -0.4 is 0 Å². The first kappa shape index (κ1) is 18.0. The van der Waals surface area contributed by atoms with Crippen molar-refractivity contribution in [3.05, 3.63) is 46.6 Å². The molecule has 1 saturated carbocycles. The van der Waals surface area contributed by atoms with Crippen molar-refractivity contribution in [2.24, 2.45) is 0 Å². The minimum atomic E-state index is -0.477. The average molecular weight is 363 g/mol. The smallest absolute Gasteiger partial charge is 0.332 e. The molecular weight excluding hydrogens is 341 g/mol. The number of fused-ring (bicyclic) bond motifs is 1. The lowest BCUT2D eigenvalue weighted by molar-refractivity contribution is -0.138. The number of carbonyl (C=O) groups excluding carboxylic acids is 2. The van der Waals surface area contributed by atoms with Gasteiger partial charge in [-0.05, 0) is 37.5 Å². The monoisotopic (exact) mass is 363 g/mol. The molecule has 0 aromatic heterocycles. The standard InChI is InChI=1S/C19H22FNO3S/c1-2-24-18(22)11-17-19(23)21(12-13-7-9-14(20)10-8-13)15-5-3-4-6-16(15)25-17/h7-11,15-16H,2-6,12H2,1H3/b17-11+. The van der Waals surface area contributed by atoms with Gasteiger partial charge in [-0.3, -0.25) is 4.79 Å². The van der Waals surface area contributed by atoms with E-state index in [-0.39, 0.29) is 24.4 Å². The number of hydrogen-bond acceptors (Lipinski definition) is 4. The molecule has 1 heterocycles. The van der Waals surface area contributed by atoms with Crippen LogP contribution in [0.5, 0.6) is 0 Å². The van der Waals surface area contributed by atoms with E-state index in [0.717, 1.165) is 31.2 Å². The van der Waals surface area contributed by atoms with Crippen molar-refractivity contribution in [3.63, 3.8) is 0 Å². The molecule has 2 unspecified atom stereocenters. The summed E-state index contributed by atoms with van der Waals surface area (Å²) in [6.45, 7) is 2.46. The van der Waals surface area contributed by atoms with E-state index >= 15 is 0 Å². The van der Waals surface area contributed by atoms with Crippen LogP contribution in [0.4, 0.5) is 4.39 Å². The summed E-state index contributed by atoms with van der Waals surface area (Å²) in [6, 6.07) is 6.39. The lowest BCUT2D eigenvalue weighted by Gasteiger charge is -2.44. The van der Waals surface area contributed by atoms with E-state index < -0.39 is 5.97 Å². The lowest BCUT2D eigenvalue weighted by atomic mass is 9.92. The summed E-state index contributed by atoms with van der Waals surface area (Å²) in [6.07, 6.45) is 5.56. The number of nitrogens with zero attached hydrogens (tertiary/aromatic N) is 1. The fourth-order valence-corrected chi connectivity index (χ4v) is 4.87. The molecule has 2 atom stereocenters. The van der Waals surface area contributed by atoms with Crippen LogP contribution >= 0.6 is 11.8 Å². The molecule has 4 nitrogen and oxygen atoms in total. The zero-order valence-electron chi connectivity index (χ0n) is 14.2. The molecule has 134 valence electrons. The Kier molecular flexibility index (Phi) is 5.78. The van der Waals surface area contributed by atoms with Crippen molar-refractivity contribution in [1.82, 2.24) is 4.90 Å². The molecule has 1 aliphatic heterocycles. The summed E-state index contributed by atoms with van der Waals surface area (Å²) in [7, 11) is 0. The number of rotatable bonds is 4. The Hall–Kier alpha value is -1.82. The zero-order chi connectivity index (χ0) is 17.8. The maximum atomic E-state index is 13.1. The first-order valence-corrected chi connectivity index (χ1v) is 9.57. The number of benzene rings is 1. The second-order valence-electron chi connectivity index (χ2n) is 6.33. The van der Waals surface area contributed by atoms with E-state index in [1.807, 2.05) is 4.90 Å². The van der Waals surface area contributed by atoms with Gasteiger partial charge in [-0.25, -0.2) is 9.18 Å². The Morgan fingerprint density at radius 2 is 2.04 bits per heavy atom. The molecule has 2 fully saturated rings. The number of ether oxygens (including phenoxy) is 1. The SMILES string of the molecule is CCOC(=O)/C=C1/SC2CCCCC2N(Cc2ccc(F)cc2)C1=O. The van der Waals surface area contributed by atoms with Gasteiger partial charge < -0.3 is 9.64 Å². The number of hydrogen-bond donors (Lipinski definition) is 0. The Morgan fingerprint density at radius 1 is 1.32 bits per heavy atom. The van der Waals surface area contributed by atoms with Crippen molar-refractivity contribution in [2.45, 2.75) is 50.4 Å². The molecule has 1 aromatic rings. The molecular formula is C19H22FNO3S. The highest BCUT2D eigenvalue weighted by Crippen LogP contribution is 2.42. The normalized spacial score (nSPS) is 25.0. The molecule has 1 aliphatic carbocycles. The fraction of sp³-hybridized carbons (Fsp3) is 0.474. The second-order valence-corrected chi connectivity index (χ2v) is 7.61. The highest BCUT2D eigenvalue weighted by atomic mass is 32.2. The zero-order valence-corrected chi connectivity index (χ0v) is 15.1. The second kappa shape index (κ2) is 8.04. The maximum absolute atomic E-state index is 13.1. The van der Waals surface area contributed by atoms with E-state index in [0.29, 0.717) is 16.7 Å². The van der Waals surface area contributed by atoms with Gasteiger partial charge in [-0.1, -0.05) is 25.0 Å². The highest BCUT2D eigenvalue weighted by Gasteiger charge is 2.40. The Labute approximate surface area is 151 Å². The van der Waals surface area contributed by atoms with Gasteiger partial charge in [0.15, 0.2) is 0 Å². The molecule has 0 bridgehead atoms. The molecule has 6 heteroatoms. The van der Waals surface area contributed by atoms with Crippen molar-refractivity contribution in [2.75, 3.05) is 6.61 Å². The summed E-state index contributed by atoms with van der Waals surface area (Å²) in [5.41, 5.74) is 0.890. The summed E-state index contributed by atoms with van der Waals surface area (Å²) >= 11 is 1.50. The van der Waals surface area contributed by atoms with Gasteiger partial charge in [0.2, 0.25) is 0 Å². The Balaban J connectivity index is 1.84. The first-order valence-electron chi connectivity index (χ1n) is 8.69. The topological polar surface area (TPSA) is 46.6 Å². The van der Waals surface area contributed by atoms with Gasteiger partial charge in [0.05, 0.1) is 11.5 Å². The average Bonchev–Trinajstić information content (AvgIpc) is 2.60. The van der Waals surface area contributed by atoms with Crippen LogP contribution in [0.25, 0.3) is 0 Å². The van der Waals surface area contributed by atoms with Gasteiger partial charge in [-0.2, -0.15) is 0 Å². The molecule has 0 spiro atoms. The quantitative estimate of drug-likeness (QED) is 0.605. The van der Waals surface area contributed by atoms with Crippen LogP contribution in [0, 0.1) is 5.82 Å². The van der Waals surface area contributed by atoms with E-state index in [1.54, 1.807) is 19.1 Å². The minimum absolute atomic E-state index is 0.134.